The molecule has 7 heteroatoms. The molecule has 0 saturated heterocycles. The minimum absolute atomic E-state index is 0.0510. The Labute approximate surface area is 165 Å². The molecule has 0 aliphatic rings. The Bertz CT molecular complexity index is 1070. The van der Waals surface area contributed by atoms with Crippen LogP contribution < -0.4 is 10.6 Å². The van der Waals surface area contributed by atoms with Crippen molar-refractivity contribution in [3.63, 3.8) is 0 Å². The van der Waals surface area contributed by atoms with Crippen LogP contribution >= 0.6 is 22.9 Å². The second kappa shape index (κ2) is 7.90. The van der Waals surface area contributed by atoms with E-state index in [9.17, 15) is 4.39 Å². The molecule has 0 amide bonds. The molecule has 0 aliphatic carbocycles. The zero-order valence-corrected chi connectivity index (χ0v) is 15.8. The summed E-state index contributed by atoms with van der Waals surface area (Å²) in [5, 5.41) is 9.58. The molecule has 0 spiro atoms. The molecule has 2 heterocycles. The molecule has 4 aromatic rings. The van der Waals surface area contributed by atoms with Crippen molar-refractivity contribution in [2.24, 2.45) is 0 Å². The highest BCUT2D eigenvalue weighted by Crippen LogP contribution is 2.25. The number of aromatic nitrogens is 2. The Morgan fingerprint density at radius 3 is 2.74 bits per heavy atom. The van der Waals surface area contributed by atoms with Crippen molar-refractivity contribution in [3.05, 3.63) is 75.7 Å². The Hall–Kier alpha value is -2.70. The maximum atomic E-state index is 13.4. The number of para-hydroxylation sites is 1. The zero-order chi connectivity index (χ0) is 18.6. The summed E-state index contributed by atoms with van der Waals surface area (Å²) in [5.41, 5.74) is 1.45. The fourth-order valence-corrected chi connectivity index (χ4v) is 3.62. The first-order chi connectivity index (χ1) is 13.2. The van der Waals surface area contributed by atoms with Gasteiger partial charge in [-0.25, -0.2) is 9.37 Å². The molecular formula is C20H16ClFN4S. The number of nitrogens with one attached hydrogen (secondary N) is 2. The quantitative estimate of drug-likeness (QED) is 0.425. The molecule has 4 nitrogen and oxygen atoms in total. The van der Waals surface area contributed by atoms with Crippen LogP contribution in [0.1, 0.15) is 4.88 Å². The van der Waals surface area contributed by atoms with Crippen molar-refractivity contribution in [2.75, 3.05) is 17.2 Å². The van der Waals surface area contributed by atoms with Crippen molar-refractivity contribution in [1.82, 2.24) is 9.97 Å². The van der Waals surface area contributed by atoms with Crippen LogP contribution in [0.3, 0.4) is 0 Å². The van der Waals surface area contributed by atoms with Gasteiger partial charge in [-0.1, -0.05) is 29.8 Å². The lowest BCUT2D eigenvalue weighted by atomic mass is 10.2. The maximum absolute atomic E-state index is 13.4. The highest BCUT2D eigenvalue weighted by atomic mass is 35.5. The Morgan fingerprint density at radius 1 is 1.04 bits per heavy atom. The molecule has 136 valence electrons. The maximum Gasteiger partial charge on any atom is 0.229 e. The van der Waals surface area contributed by atoms with Gasteiger partial charge < -0.3 is 10.6 Å². The molecule has 0 bridgehead atoms. The van der Waals surface area contributed by atoms with E-state index in [1.165, 1.54) is 17.0 Å². The molecule has 0 atom stereocenters. The first-order valence-electron chi connectivity index (χ1n) is 8.44. The summed E-state index contributed by atoms with van der Waals surface area (Å²) in [4.78, 5) is 10.5. The topological polar surface area (TPSA) is 49.8 Å². The van der Waals surface area contributed by atoms with E-state index >= 15 is 0 Å². The number of hydrogen-bond acceptors (Lipinski definition) is 5. The van der Waals surface area contributed by atoms with Gasteiger partial charge in [0.05, 0.1) is 10.5 Å². The molecule has 0 aliphatic heterocycles. The molecule has 2 aromatic carbocycles. The normalized spacial score (nSPS) is 10.9. The van der Waals surface area contributed by atoms with Crippen molar-refractivity contribution < 1.29 is 4.39 Å². The van der Waals surface area contributed by atoms with Gasteiger partial charge in [0.1, 0.15) is 11.6 Å². The fourth-order valence-electron chi connectivity index (χ4n) is 2.73. The van der Waals surface area contributed by atoms with Crippen molar-refractivity contribution in [2.45, 2.75) is 6.42 Å². The van der Waals surface area contributed by atoms with Crippen LogP contribution in [0.5, 0.6) is 0 Å². The number of rotatable bonds is 6. The van der Waals surface area contributed by atoms with E-state index in [0.29, 0.717) is 11.6 Å². The number of fused-ring (bicyclic) bond motifs is 1. The number of hydrogen-bond donors (Lipinski definition) is 2. The number of halogens is 2. The lowest BCUT2D eigenvalue weighted by Gasteiger charge is -2.12. The summed E-state index contributed by atoms with van der Waals surface area (Å²) in [7, 11) is 0. The van der Waals surface area contributed by atoms with Gasteiger partial charge in [-0.2, -0.15) is 4.98 Å². The van der Waals surface area contributed by atoms with Crippen LogP contribution in [0.25, 0.3) is 10.9 Å². The van der Waals surface area contributed by atoms with E-state index in [4.69, 9.17) is 11.6 Å². The van der Waals surface area contributed by atoms with Crippen LogP contribution in [0.15, 0.2) is 60.0 Å². The second-order valence-corrected chi connectivity index (χ2v) is 7.36. The number of anilines is 3. The average Bonchev–Trinajstić information content (AvgIpc) is 3.18. The van der Waals surface area contributed by atoms with Gasteiger partial charge in [0.2, 0.25) is 5.95 Å². The predicted octanol–water partition coefficient (Wildman–Crippen LogP) is 5.88. The fraction of sp³-hybridized carbons (Fsp3) is 0.100. The number of benzene rings is 2. The average molecular weight is 399 g/mol. The standard InChI is InChI=1S/C20H16ClFN4S/c21-16-12-13(7-8-17(16)22)24-20-25-18-6-2-1-5-15(18)19(26-20)23-10-9-14-4-3-11-27-14/h1-8,11-12H,9-10H2,(H2,23,24,25,26). The Balaban J connectivity index is 1.60. The van der Waals surface area contributed by atoms with E-state index in [2.05, 4.69) is 38.1 Å². The molecule has 2 aromatic heterocycles. The Morgan fingerprint density at radius 2 is 1.93 bits per heavy atom. The smallest absolute Gasteiger partial charge is 0.229 e. The Kier molecular flexibility index (Phi) is 5.18. The van der Waals surface area contributed by atoms with E-state index in [1.807, 2.05) is 24.3 Å². The molecule has 0 fully saturated rings. The molecular weight excluding hydrogens is 383 g/mol. The highest BCUT2D eigenvalue weighted by molar-refractivity contribution is 7.09. The minimum atomic E-state index is -0.461. The first-order valence-corrected chi connectivity index (χ1v) is 9.70. The molecule has 4 rings (SSSR count). The van der Waals surface area contributed by atoms with Crippen molar-refractivity contribution >= 4 is 51.3 Å². The van der Waals surface area contributed by atoms with E-state index in [-0.39, 0.29) is 5.02 Å². The summed E-state index contributed by atoms with van der Waals surface area (Å²) in [5.74, 6) is 0.723. The largest absolute Gasteiger partial charge is 0.369 e. The van der Waals surface area contributed by atoms with Crippen LogP contribution in [-0.2, 0) is 6.42 Å². The second-order valence-electron chi connectivity index (χ2n) is 5.92. The molecule has 0 radical (unpaired) electrons. The van der Waals surface area contributed by atoms with Gasteiger partial charge >= 0.3 is 0 Å². The lowest BCUT2D eigenvalue weighted by molar-refractivity contribution is 0.628. The lowest BCUT2D eigenvalue weighted by Crippen LogP contribution is -2.08. The summed E-state index contributed by atoms with van der Waals surface area (Å²) < 4.78 is 13.4. The summed E-state index contributed by atoms with van der Waals surface area (Å²) in [6.07, 6.45) is 0.923. The molecule has 0 saturated carbocycles. The third-order valence-electron chi connectivity index (χ3n) is 4.02. The van der Waals surface area contributed by atoms with Crippen LogP contribution in [0.2, 0.25) is 5.02 Å². The van der Waals surface area contributed by atoms with Crippen LogP contribution in [0, 0.1) is 5.82 Å². The van der Waals surface area contributed by atoms with Gasteiger partial charge in [0.15, 0.2) is 0 Å². The molecule has 0 unspecified atom stereocenters. The van der Waals surface area contributed by atoms with Crippen molar-refractivity contribution in [1.29, 1.82) is 0 Å². The molecule has 2 N–H and O–H groups in total. The monoisotopic (exact) mass is 398 g/mol. The van der Waals surface area contributed by atoms with Crippen LogP contribution in [0.4, 0.5) is 21.8 Å². The third-order valence-corrected chi connectivity index (χ3v) is 5.25. The molecule has 27 heavy (non-hydrogen) atoms. The van der Waals surface area contributed by atoms with E-state index in [0.717, 1.165) is 29.7 Å². The van der Waals surface area contributed by atoms with Crippen LogP contribution in [-0.4, -0.2) is 16.5 Å². The van der Waals surface area contributed by atoms with E-state index < -0.39 is 5.82 Å². The van der Waals surface area contributed by atoms with Gasteiger partial charge in [0, 0.05) is 22.5 Å². The summed E-state index contributed by atoms with van der Waals surface area (Å²) in [6.45, 7) is 0.767. The SMILES string of the molecule is Fc1ccc(Nc2nc(NCCc3cccs3)c3ccccc3n2)cc1Cl. The summed E-state index contributed by atoms with van der Waals surface area (Å²) >= 11 is 7.60. The van der Waals surface area contributed by atoms with Gasteiger partial charge in [-0.3, -0.25) is 0 Å². The van der Waals surface area contributed by atoms with E-state index in [1.54, 1.807) is 17.4 Å². The number of thiophene rings is 1. The van der Waals surface area contributed by atoms with Gasteiger partial charge in [0.25, 0.3) is 0 Å². The third kappa shape index (κ3) is 4.18. The first kappa shape index (κ1) is 17.7. The number of nitrogens with zero attached hydrogens (tertiary/aromatic N) is 2. The van der Waals surface area contributed by atoms with Gasteiger partial charge in [-0.15, -0.1) is 11.3 Å². The highest BCUT2D eigenvalue weighted by Gasteiger charge is 2.09. The van der Waals surface area contributed by atoms with Crippen molar-refractivity contribution in [3.8, 4) is 0 Å². The minimum Gasteiger partial charge on any atom is -0.369 e. The predicted molar refractivity (Wildman–Crippen MR) is 111 cm³/mol. The summed E-state index contributed by atoms with van der Waals surface area (Å²) in [6, 6.07) is 16.4. The zero-order valence-electron chi connectivity index (χ0n) is 14.2. The van der Waals surface area contributed by atoms with Gasteiger partial charge in [-0.05, 0) is 48.2 Å².